The van der Waals surface area contributed by atoms with Gasteiger partial charge in [-0.2, -0.15) is 0 Å². The first-order valence-electron chi connectivity index (χ1n) is 9.88. The summed E-state index contributed by atoms with van der Waals surface area (Å²) in [5.41, 5.74) is 4.72. The number of halogens is 1. The van der Waals surface area contributed by atoms with E-state index in [9.17, 15) is 0 Å². The third kappa shape index (κ3) is 4.22. The Morgan fingerprint density at radius 3 is 2.48 bits per heavy atom. The van der Waals surface area contributed by atoms with E-state index >= 15 is 0 Å². The zero-order valence-corrected chi connectivity index (χ0v) is 17.3. The van der Waals surface area contributed by atoms with Gasteiger partial charge in [-0.05, 0) is 59.7 Å². The van der Waals surface area contributed by atoms with Crippen LogP contribution >= 0.6 is 11.6 Å². The van der Waals surface area contributed by atoms with Crippen LogP contribution in [0.2, 0.25) is 5.02 Å². The SMILES string of the molecule is Clc1cccc(-c2ccc3c(NCc4ccccn4)nc(-c4cccnc4)nc3c2)c1. The van der Waals surface area contributed by atoms with Crippen molar-refractivity contribution in [1.29, 1.82) is 0 Å². The summed E-state index contributed by atoms with van der Waals surface area (Å²) in [6.07, 6.45) is 5.29. The lowest BCUT2D eigenvalue weighted by Crippen LogP contribution is -2.05. The summed E-state index contributed by atoms with van der Waals surface area (Å²) in [5, 5.41) is 5.07. The van der Waals surface area contributed by atoms with Crippen molar-refractivity contribution < 1.29 is 0 Å². The molecule has 150 valence electrons. The molecule has 2 aromatic carbocycles. The van der Waals surface area contributed by atoms with E-state index in [1.165, 1.54) is 0 Å². The first kappa shape index (κ1) is 19.2. The summed E-state index contributed by atoms with van der Waals surface area (Å²) >= 11 is 6.19. The number of pyridine rings is 2. The van der Waals surface area contributed by atoms with Crippen molar-refractivity contribution >= 4 is 28.3 Å². The van der Waals surface area contributed by atoms with Gasteiger partial charge in [-0.25, -0.2) is 9.97 Å². The fourth-order valence-electron chi connectivity index (χ4n) is 3.41. The molecule has 0 saturated heterocycles. The minimum atomic E-state index is 0.565. The molecule has 0 atom stereocenters. The summed E-state index contributed by atoms with van der Waals surface area (Å²) in [5.74, 6) is 1.37. The molecular weight excluding hydrogens is 406 g/mol. The molecule has 0 fully saturated rings. The third-order valence-electron chi connectivity index (χ3n) is 4.94. The van der Waals surface area contributed by atoms with E-state index < -0.39 is 0 Å². The molecule has 5 nitrogen and oxygen atoms in total. The lowest BCUT2D eigenvalue weighted by atomic mass is 10.0. The van der Waals surface area contributed by atoms with Gasteiger partial charge in [0.05, 0.1) is 17.8 Å². The largest absolute Gasteiger partial charge is 0.364 e. The number of anilines is 1. The molecule has 5 aromatic rings. The summed E-state index contributed by atoms with van der Waals surface area (Å²) in [6, 6.07) is 23.7. The van der Waals surface area contributed by atoms with Crippen molar-refractivity contribution in [2.45, 2.75) is 6.54 Å². The molecule has 0 saturated carbocycles. The molecule has 0 aliphatic rings. The van der Waals surface area contributed by atoms with Crippen LogP contribution in [0.1, 0.15) is 5.69 Å². The van der Waals surface area contributed by atoms with E-state index in [1.807, 2.05) is 60.7 Å². The van der Waals surface area contributed by atoms with Crippen LogP contribution in [-0.4, -0.2) is 19.9 Å². The van der Waals surface area contributed by atoms with Gasteiger partial charge >= 0.3 is 0 Å². The first-order chi connectivity index (χ1) is 15.3. The molecule has 6 heteroatoms. The molecule has 0 aliphatic heterocycles. The van der Waals surface area contributed by atoms with Crippen LogP contribution in [-0.2, 0) is 6.54 Å². The first-order valence-corrected chi connectivity index (χ1v) is 10.3. The average molecular weight is 424 g/mol. The molecule has 0 radical (unpaired) electrons. The molecule has 0 aliphatic carbocycles. The summed E-state index contributed by atoms with van der Waals surface area (Å²) in [7, 11) is 0. The zero-order valence-electron chi connectivity index (χ0n) is 16.5. The second-order valence-electron chi connectivity index (χ2n) is 7.05. The number of hydrogen-bond donors (Lipinski definition) is 1. The molecular formula is C25H18ClN5. The van der Waals surface area contributed by atoms with Crippen molar-refractivity contribution in [1.82, 2.24) is 19.9 Å². The van der Waals surface area contributed by atoms with Crippen LogP contribution in [0.3, 0.4) is 0 Å². The number of nitrogens with zero attached hydrogens (tertiary/aromatic N) is 4. The lowest BCUT2D eigenvalue weighted by molar-refractivity contribution is 1.03. The number of hydrogen-bond acceptors (Lipinski definition) is 5. The lowest BCUT2D eigenvalue weighted by Gasteiger charge is -2.12. The average Bonchev–Trinajstić information content (AvgIpc) is 2.83. The summed E-state index contributed by atoms with van der Waals surface area (Å²) < 4.78 is 0. The fourth-order valence-corrected chi connectivity index (χ4v) is 3.60. The second-order valence-corrected chi connectivity index (χ2v) is 7.49. The Balaban J connectivity index is 1.61. The van der Waals surface area contributed by atoms with Gasteiger partial charge in [-0.15, -0.1) is 0 Å². The monoisotopic (exact) mass is 423 g/mol. The van der Waals surface area contributed by atoms with Crippen molar-refractivity contribution in [3.8, 4) is 22.5 Å². The van der Waals surface area contributed by atoms with Crippen LogP contribution in [0.4, 0.5) is 5.82 Å². The van der Waals surface area contributed by atoms with E-state index in [-0.39, 0.29) is 0 Å². The normalized spacial score (nSPS) is 10.9. The Hall–Kier alpha value is -3.83. The number of benzene rings is 2. The predicted molar refractivity (Wildman–Crippen MR) is 125 cm³/mol. The zero-order chi connectivity index (χ0) is 21.0. The number of fused-ring (bicyclic) bond motifs is 1. The van der Waals surface area contributed by atoms with Gasteiger partial charge in [0.15, 0.2) is 5.82 Å². The molecule has 0 unspecified atom stereocenters. The Bertz CT molecular complexity index is 1340. The highest BCUT2D eigenvalue weighted by atomic mass is 35.5. The molecule has 3 aromatic heterocycles. The van der Waals surface area contributed by atoms with Gasteiger partial charge in [0.25, 0.3) is 0 Å². The van der Waals surface area contributed by atoms with Crippen LogP contribution in [0.15, 0.2) is 91.4 Å². The highest BCUT2D eigenvalue weighted by Crippen LogP contribution is 2.30. The van der Waals surface area contributed by atoms with E-state index in [1.54, 1.807) is 18.6 Å². The molecule has 31 heavy (non-hydrogen) atoms. The highest BCUT2D eigenvalue weighted by Gasteiger charge is 2.11. The van der Waals surface area contributed by atoms with Crippen LogP contribution in [0.5, 0.6) is 0 Å². The van der Waals surface area contributed by atoms with E-state index in [0.29, 0.717) is 17.4 Å². The van der Waals surface area contributed by atoms with Gasteiger partial charge in [0, 0.05) is 34.6 Å². The fraction of sp³-hybridized carbons (Fsp3) is 0.0400. The summed E-state index contributed by atoms with van der Waals surface area (Å²) in [6.45, 7) is 0.565. The van der Waals surface area contributed by atoms with Crippen molar-refractivity contribution in [3.05, 3.63) is 102 Å². The smallest absolute Gasteiger partial charge is 0.163 e. The molecule has 3 heterocycles. The maximum Gasteiger partial charge on any atom is 0.163 e. The minimum absolute atomic E-state index is 0.565. The topological polar surface area (TPSA) is 63.6 Å². The maximum atomic E-state index is 6.19. The number of aromatic nitrogens is 4. The minimum Gasteiger partial charge on any atom is -0.364 e. The number of rotatable bonds is 5. The van der Waals surface area contributed by atoms with Gasteiger partial charge < -0.3 is 5.32 Å². The Kier molecular flexibility index (Phi) is 5.25. The molecule has 5 rings (SSSR count). The molecule has 0 spiro atoms. The van der Waals surface area contributed by atoms with Gasteiger partial charge in [-0.3, -0.25) is 9.97 Å². The summed E-state index contributed by atoms with van der Waals surface area (Å²) in [4.78, 5) is 18.2. The number of nitrogens with one attached hydrogen (secondary N) is 1. The van der Waals surface area contributed by atoms with Crippen LogP contribution in [0, 0.1) is 0 Å². The van der Waals surface area contributed by atoms with E-state index in [0.717, 1.165) is 39.1 Å². The molecule has 0 bridgehead atoms. The van der Waals surface area contributed by atoms with Crippen molar-refractivity contribution in [2.24, 2.45) is 0 Å². The van der Waals surface area contributed by atoms with Gasteiger partial charge in [-0.1, -0.05) is 35.9 Å². The van der Waals surface area contributed by atoms with Crippen LogP contribution < -0.4 is 5.32 Å². The van der Waals surface area contributed by atoms with E-state index in [2.05, 4.69) is 27.4 Å². The Morgan fingerprint density at radius 2 is 1.68 bits per heavy atom. The third-order valence-corrected chi connectivity index (χ3v) is 5.17. The van der Waals surface area contributed by atoms with Crippen molar-refractivity contribution in [3.63, 3.8) is 0 Å². The van der Waals surface area contributed by atoms with Crippen molar-refractivity contribution in [2.75, 3.05) is 5.32 Å². The van der Waals surface area contributed by atoms with Gasteiger partial charge in [0.1, 0.15) is 5.82 Å². The van der Waals surface area contributed by atoms with Gasteiger partial charge in [0.2, 0.25) is 0 Å². The maximum absolute atomic E-state index is 6.19. The molecule has 1 N–H and O–H groups in total. The molecule has 0 amide bonds. The standard InChI is InChI=1S/C25H18ClN5/c26-20-7-3-5-17(13-20)18-9-10-22-23(14-18)30-24(19-6-4-11-27-15-19)31-25(22)29-16-21-8-1-2-12-28-21/h1-15H,16H2,(H,29,30,31). The quantitative estimate of drug-likeness (QED) is 0.374. The highest BCUT2D eigenvalue weighted by molar-refractivity contribution is 6.30. The van der Waals surface area contributed by atoms with E-state index in [4.69, 9.17) is 21.6 Å². The van der Waals surface area contributed by atoms with Crippen LogP contribution in [0.25, 0.3) is 33.4 Å². The Morgan fingerprint density at radius 1 is 0.774 bits per heavy atom. The predicted octanol–water partition coefficient (Wildman–Crippen LogP) is 6.02. The Labute approximate surface area is 184 Å². The second kappa shape index (κ2) is 8.50.